The summed E-state index contributed by atoms with van der Waals surface area (Å²) in [5, 5.41) is 1.15. The van der Waals surface area contributed by atoms with Crippen LogP contribution in [0.15, 0.2) is 18.5 Å². The first-order valence-electron chi connectivity index (χ1n) is 5.35. The van der Waals surface area contributed by atoms with Crippen molar-refractivity contribution in [2.24, 2.45) is 0 Å². The molecule has 0 aliphatic rings. The van der Waals surface area contributed by atoms with Gasteiger partial charge in [0, 0.05) is 18.1 Å². The molecule has 0 spiro atoms. The minimum Gasteiger partial charge on any atom is -0.495 e. The molecular formula is C12H17N3O. The minimum atomic E-state index is 0.804. The predicted octanol–water partition coefficient (Wildman–Crippen LogP) is 1.68. The highest BCUT2D eigenvalue weighted by molar-refractivity contribution is 5.80. The Labute approximate surface area is 95.2 Å². The lowest BCUT2D eigenvalue weighted by Crippen LogP contribution is -2.14. The topological polar surface area (TPSA) is 41.1 Å². The van der Waals surface area contributed by atoms with Gasteiger partial charge in [-0.1, -0.05) is 0 Å². The summed E-state index contributed by atoms with van der Waals surface area (Å²) in [5.74, 6) is 0.804. The van der Waals surface area contributed by atoms with E-state index in [0.717, 1.165) is 29.7 Å². The highest BCUT2D eigenvalue weighted by Crippen LogP contribution is 2.21. The summed E-state index contributed by atoms with van der Waals surface area (Å²) in [6.45, 7) is 1.03. The van der Waals surface area contributed by atoms with E-state index in [0.29, 0.717) is 0 Å². The zero-order chi connectivity index (χ0) is 11.5. The molecule has 2 aromatic rings. The van der Waals surface area contributed by atoms with Crippen LogP contribution in [0.5, 0.6) is 5.75 Å². The molecule has 2 aromatic heterocycles. The minimum absolute atomic E-state index is 0.804. The molecule has 1 N–H and O–H groups in total. The summed E-state index contributed by atoms with van der Waals surface area (Å²) in [4.78, 5) is 9.66. The lowest BCUT2D eigenvalue weighted by Gasteiger charge is -2.08. The molecule has 0 aliphatic carbocycles. The van der Waals surface area contributed by atoms with Crippen LogP contribution >= 0.6 is 0 Å². The first kappa shape index (κ1) is 11.0. The lowest BCUT2D eigenvalue weighted by molar-refractivity contribution is 0.412. The van der Waals surface area contributed by atoms with Crippen molar-refractivity contribution >= 4 is 11.0 Å². The molecule has 0 aromatic carbocycles. The third-order valence-electron chi connectivity index (χ3n) is 2.66. The Balaban J connectivity index is 2.30. The standard InChI is InChI=1S/C12H17N3O/c1-15(2)5-4-9-7-13-12-11(9)6-10(16-3)8-14-12/h6-8H,4-5H2,1-3H3,(H,13,14). The molecule has 0 aliphatic heterocycles. The van der Waals surface area contributed by atoms with Gasteiger partial charge in [-0.2, -0.15) is 0 Å². The summed E-state index contributed by atoms with van der Waals surface area (Å²) in [6, 6.07) is 2.03. The quantitative estimate of drug-likeness (QED) is 0.850. The van der Waals surface area contributed by atoms with Gasteiger partial charge < -0.3 is 14.6 Å². The van der Waals surface area contributed by atoms with E-state index < -0.39 is 0 Å². The van der Waals surface area contributed by atoms with E-state index in [1.165, 1.54) is 5.56 Å². The maximum Gasteiger partial charge on any atom is 0.137 e. The maximum absolute atomic E-state index is 5.19. The van der Waals surface area contributed by atoms with Crippen molar-refractivity contribution in [3.63, 3.8) is 0 Å². The molecule has 86 valence electrons. The number of aromatic nitrogens is 2. The molecule has 0 radical (unpaired) electrons. The highest BCUT2D eigenvalue weighted by atomic mass is 16.5. The summed E-state index contributed by atoms with van der Waals surface area (Å²) < 4.78 is 5.19. The van der Waals surface area contributed by atoms with Gasteiger partial charge in [0.1, 0.15) is 11.4 Å². The van der Waals surface area contributed by atoms with Crippen LogP contribution in [0.25, 0.3) is 11.0 Å². The number of hydrogen-bond donors (Lipinski definition) is 1. The smallest absolute Gasteiger partial charge is 0.137 e. The Kier molecular flexibility index (Phi) is 3.10. The molecule has 0 atom stereocenters. The second-order valence-corrected chi connectivity index (χ2v) is 4.14. The Morgan fingerprint density at radius 3 is 2.94 bits per heavy atom. The van der Waals surface area contributed by atoms with E-state index >= 15 is 0 Å². The summed E-state index contributed by atoms with van der Waals surface area (Å²) in [6.07, 6.45) is 4.77. The number of ether oxygens (including phenoxy) is 1. The Hall–Kier alpha value is -1.55. The van der Waals surface area contributed by atoms with E-state index in [9.17, 15) is 0 Å². The van der Waals surface area contributed by atoms with Crippen molar-refractivity contribution < 1.29 is 4.74 Å². The molecule has 16 heavy (non-hydrogen) atoms. The predicted molar refractivity (Wildman–Crippen MR) is 64.9 cm³/mol. The summed E-state index contributed by atoms with van der Waals surface area (Å²) in [7, 11) is 5.82. The van der Waals surface area contributed by atoms with Crippen LogP contribution in [0.4, 0.5) is 0 Å². The molecule has 4 nitrogen and oxygen atoms in total. The fourth-order valence-electron chi connectivity index (χ4n) is 1.70. The van der Waals surface area contributed by atoms with Gasteiger partial charge in [-0.05, 0) is 32.1 Å². The number of fused-ring (bicyclic) bond motifs is 1. The number of pyridine rings is 1. The molecule has 4 heteroatoms. The number of nitrogens with zero attached hydrogens (tertiary/aromatic N) is 2. The largest absolute Gasteiger partial charge is 0.495 e. The first-order chi connectivity index (χ1) is 7.70. The number of methoxy groups -OCH3 is 1. The number of rotatable bonds is 4. The fourth-order valence-corrected chi connectivity index (χ4v) is 1.70. The normalized spacial score (nSPS) is 11.2. The van der Waals surface area contributed by atoms with E-state index in [1.54, 1.807) is 13.3 Å². The van der Waals surface area contributed by atoms with Crippen LogP contribution in [0.2, 0.25) is 0 Å². The summed E-state index contributed by atoms with van der Waals surface area (Å²) >= 11 is 0. The highest BCUT2D eigenvalue weighted by Gasteiger charge is 2.06. The molecule has 0 bridgehead atoms. The zero-order valence-electron chi connectivity index (χ0n) is 9.95. The Morgan fingerprint density at radius 1 is 1.44 bits per heavy atom. The number of hydrogen-bond acceptors (Lipinski definition) is 3. The molecule has 0 unspecified atom stereocenters. The Morgan fingerprint density at radius 2 is 2.25 bits per heavy atom. The second-order valence-electron chi connectivity index (χ2n) is 4.14. The van der Waals surface area contributed by atoms with Gasteiger partial charge in [0.2, 0.25) is 0 Å². The SMILES string of the molecule is COc1cnc2[nH]cc(CCN(C)C)c2c1. The van der Waals surface area contributed by atoms with Gasteiger partial charge in [0.15, 0.2) is 0 Å². The average Bonchev–Trinajstić information content (AvgIpc) is 2.68. The molecular weight excluding hydrogens is 202 g/mol. The molecule has 0 fully saturated rings. The van der Waals surface area contributed by atoms with Crippen LogP contribution in [0, 0.1) is 0 Å². The molecule has 0 saturated heterocycles. The van der Waals surface area contributed by atoms with Crippen LogP contribution in [-0.4, -0.2) is 42.6 Å². The van der Waals surface area contributed by atoms with Gasteiger partial charge in [-0.25, -0.2) is 4.98 Å². The third-order valence-corrected chi connectivity index (χ3v) is 2.66. The van der Waals surface area contributed by atoms with Gasteiger partial charge in [0.05, 0.1) is 13.3 Å². The number of likely N-dealkylation sites (N-methyl/N-ethyl adjacent to an activating group) is 1. The van der Waals surface area contributed by atoms with Gasteiger partial charge in [-0.3, -0.25) is 0 Å². The monoisotopic (exact) mass is 219 g/mol. The van der Waals surface area contributed by atoms with Crippen molar-refractivity contribution in [1.29, 1.82) is 0 Å². The van der Waals surface area contributed by atoms with Crippen molar-refractivity contribution in [3.05, 3.63) is 24.0 Å². The molecule has 2 rings (SSSR count). The van der Waals surface area contributed by atoms with Crippen molar-refractivity contribution in [2.75, 3.05) is 27.7 Å². The first-order valence-corrected chi connectivity index (χ1v) is 5.35. The van der Waals surface area contributed by atoms with Crippen molar-refractivity contribution in [3.8, 4) is 5.75 Å². The number of aromatic amines is 1. The number of H-pyrrole nitrogens is 1. The van der Waals surface area contributed by atoms with Crippen LogP contribution < -0.4 is 4.74 Å². The van der Waals surface area contributed by atoms with E-state index in [1.807, 2.05) is 12.3 Å². The van der Waals surface area contributed by atoms with E-state index in [-0.39, 0.29) is 0 Å². The summed E-state index contributed by atoms with van der Waals surface area (Å²) in [5.41, 5.74) is 2.21. The third kappa shape index (κ3) is 2.17. The molecule has 2 heterocycles. The lowest BCUT2D eigenvalue weighted by atomic mass is 10.1. The average molecular weight is 219 g/mol. The molecule has 0 amide bonds. The second kappa shape index (κ2) is 4.53. The van der Waals surface area contributed by atoms with Crippen LogP contribution in [0.1, 0.15) is 5.56 Å². The number of nitrogens with one attached hydrogen (secondary N) is 1. The van der Waals surface area contributed by atoms with E-state index in [4.69, 9.17) is 4.74 Å². The maximum atomic E-state index is 5.19. The van der Waals surface area contributed by atoms with Gasteiger partial charge >= 0.3 is 0 Å². The zero-order valence-corrected chi connectivity index (χ0v) is 9.95. The van der Waals surface area contributed by atoms with Crippen LogP contribution in [0.3, 0.4) is 0 Å². The van der Waals surface area contributed by atoms with Crippen LogP contribution in [-0.2, 0) is 6.42 Å². The molecule has 0 saturated carbocycles. The van der Waals surface area contributed by atoms with Crippen molar-refractivity contribution in [1.82, 2.24) is 14.9 Å². The van der Waals surface area contributed by atoms with Crippen molar-refractivity contribution in [2.45, 2.75) is 6.42 Å². The van der Waals surface area contributed by atoms with E-state index in [2.05, 4.69) is 29.0 Å². The Bertz CT molecular complexity index is 476. The fraction of sp³-hybridized carbons (Fsp3) is 0.417. The van der Waals surface area contributed by atoms with Gasteiger partial charge in [0.25, 0.3) is 0 Å². The van der Waals surface area contributed by atoms with Gasteiger partial charge in [-0.15, -0.1) is 0 Å².